The molecule has 0 radical (unpaired) electrons. The summed E-state index contributed by atoms with van der Waals surface area (Å²) in [5.41, 5.74) is 2.58. The van der Waals surface area contributed by atoms with Gasteiger partial charge in [0.05, 0.1) is 16.7 Å². The lowest BCUT2D eigenvalue weighted by Crippen LogP contribution is -2.24. The second-order valence-corrected chi connectivity index (χ2v) is 7.55. The molecule has 0 fully saturated rings. The van der Waals surface area contributed by atoms with Gasteiger partial charge in [0.1, 0.15) is 0 Å². The second-order valence-electron chi connectivity index (χ2n) is 6.61. The Morgan fingerprint density at radius 2 is 1.90 bits per heavy atom. The van der Waals surface area contributed by atoms with Crippen LogP contribution in [-0.4, -0.2) is 31.4 Å². The van der Waals surface area contributed by atoms with Crippen LogP contribution in [0.3, 0.4) is 0 Å². The maximum atomic E-state index is 12.9. The molecule has 0 spiro atoms. The van der Waals surface area contributed by atoms with Crippen molar-refractivity contribution in [3.05, 3.63) is 70.3 Å². The number of aliphatic hydroxyl groups is 1. The predicted octanol–water partition coefficient (Wildman–Crippen LogP) is 3.43. The molecule has 0 aliphatic heterocycles. The molecule has 2 heterocycles. The normalized spacial score (nSPS) is 11.2. The molecule has 0 bridgehead atoms. The summed E-state index contributed by atoms with van der Waals surface area (Å²) in [6.45, 7) is 2.43. The monoisotopic (exact) mass is 408 g/mol. The van der Waals surface area contributed by atoms with Gasteiger partial charge in [-0.15, -0.1) is 0 Å². The lowest BCUT2D eigenvalue weighted by Gasteiger charge is -2.11. The van der Waals surface area contributed by atoms with Gasteiger partial charge in [-0.3, -0.25) is 9.36 Å². The average molecular weight is 408 g/mol. The number of fused-ring (bicyclic) bond motifs is 1. The SMILES string of the molecule is Cc1ccc(-c2noc(CSc3nc4ccccc4c(=O)n3CCCO)n2)cc1. The smallest absolute Gasteiger partial charge is 0.262 e. The molecule has 8 heteroatoms. The minimum Gasteiger partial charge on any atom is -0.396 e. The number of hydrogen-bond acceptors (Lipinski definition) is 7. The third kappa shape index (κ3) is 4.23. The molecular formula is C21H20N4O3S. The van der Waals surface area contributed by atoms with Gasteiger partial charge in [-0.2, -0.15) is 4.98 Å². The van der Waals surface area contributed by atoms with Crippen molar-refractivity contribution in [3.63, 3.8) is 0 Å². The standard InChI is InChI=1S/C21H20N4O3S/c1-14-7-9-15(10-8-14)19-23-18(28-24-19)13-29-21-22-17-6-3-2-5-16(17)20(27)25(21)11-4-12-26/h2-3,5-10,26H,4,11-13H2,1H3. The van der Waals surface area contributed by atoms with Gasteiger partial charge >= 0.3 is 0 Å². The van der Waals surface area contributed by atoms with E-state index in [-0.39, 0.29) is 12.2 Å². The molecule has 0 aliphatic carbocycles. The van der Waals surface area contributed by atoms with Crippen LogP contribution in [0, 0.1) is 6.92 Å². The Morgan fingerprint density at radius 3 is 2.69 bits per heavy atom. The van der Waals surface area contributed by atoms with E-state index < -0.39 is 0 Å². The number of aliphatic hydroxyl groups excluding tert-OH is 1. The van der Waals surface area contributed by atoms with Crippen LogP contribution in [0.25, 0.3) is 22.3 Å². The summed E-state index contributed by atoms with van der Waals surface area (Å²) >= 11 is 1.36. The van der Waals surface area contributed by atoms with Gasteiger partial charge < -0.3 is 9.63 Å². The van der Waals surface area contributed by atoms with Crippen molar-refractivity contribution < 1.29 is 9.63 Å². The van der Waals surface area contributed by atoms with Crippen LogP contribution in [0.2, 0.25) is 0 Å². The zero-order valence-corrected chi connectivity index (χ0v) is 16.7. The average Bonchev–Trinajstić information content (AvgIpc) is 3.21. The molecule has 4 aromatic rings. The fraction of sp³-hybridized carbons (Fsp3) is 0.238. The van der Waals surface area contributed by atoms with Gasteiger partial charge in [-0.05, 0) is 25.5 Å². The van der Waals surface area contributed by atoms with Gasteiger partial charge in [0.2, 0.25) is 11.7 Å². The van der Waals surface area contributed by atoms with E-state index in [9.17, 15) is 9.90 Å². The first-order valence-corrected chi connectivity index (χ1v) is 10.3. The number of nitrogens with zero attached hydrogens (tertiary/aromatic N) is 4. The summed E-state index contributed by atoms with van der Waals surface area (Å²) in [5, 5.41) is 14.4. The Labute approximate surface area is 171 Å². The molecule has 29 heavy (non-hydrogen) atoms. The largest absolute Gasteiger partial charge is 0.396 e. The van der Waals surface area contributed by atoms with Crippen molar-refractivity contribution in [2.24, 2.45) is 0 Å². The van der Waals surface area contributed by atoms with Crippen LogP contribution in [0.1, 0.15) is 17.9 Å². The summed E-state index contributed by atoms with van der Waals surface area (Å²) in [7, 11) is 0. The zero-order chi connectivity index (χ0) is 20.2. The number of para-hydroxylation sites is 1. The molecule has 0 saturated carbocycles. The molecule has 0 amide bonds. The molecule has 7 nitrogen and oxygen atoms in total. The fourth-order valence-electron chi connectivity index (χ4n) is 2.94. The molecule has 4 rings (SSSR count). The molecule has 0 aliphatic rings. The predicted molar refractivity (Wildman–Crippen MR) is 112 cm³/mol. The quantitative estimate of drug-likeness (QED) is 0.370. The van der Waals surface area contributed by atoms with Crippen molar-refractivity contribution >= 4 is 22.7 Å². The van der Waals surface area contributed by atoms with E-state index in [1.165, 1.54) is 11.8 Å². The lowest BCUT2D eigenvalue weighted by molar-refractivity contribution is 0.276. The first kappa shape index (κ1) is 19.4. The maximum Gasteiger partial charge on any atom is 0.262 e. The van der Waals surface area contributed by atoms with Crippen LogP contribution < -0.4 is 5.56 Å². The minimum atomic E-state index is -0.113. The van der Waals surface area contributed by atoms with E-state index in [1.807, 2.05) is 49.4 Å². The van der Waals surface area contributed by atoms with Crippen molar-refractivity contribution in [1.82, 2.24) is 19.7 Å². The molecule has 1 N–H and O–H groups in total. The van der Waals surface area contributed by atoms with Gasteiger partial charge in [0, 0.05) is 18.7 Å². The summed E-state index contributed by atoms with van der Waals surface area (Å²) in [4.78, 5) is 21.9. The van der Waals surface area contributed by atoms with Crippen LogP contribution in [0.4, 0.5) is 0 Å². The Hall–Kier alpha value is -2.97. The number of aromatic nitrogens is 4. The fourth-order valence-corrected chi connectivity index (χ4v) is 3.81. The number of thioether (sulfide) groups is 1. The molecule has 148 valence electrons. The highest BCUT2D eigenvalue weighted by molar-refractivity contribution is 7.98. The van der Waals surface area contributed by atoms with E-state index >= 15 is 0 Å². The van der Waals surface area contributed by atoms with Crippen LogP contribution in [-0.2, 0) is 12.3 Å². The highest BCUT2D eigenvalue weighted by Gasteiger charge is 2.14. The van der Waals surface area contributed by atoms with E-state index in [0.717, 1.165) is 11.1 Å². The van der Waals surface area contributed by atoms with Crippen LogP contribution >= 0.6 is 11.8 Å². The Kier molecular flexibility index (Phi) is 5.73. The molecule has 0 unspecified atom stereocenters. The summed E-state index contributed by atoms with van der Waals surface area (Å²) < 4.78 is 6.97. The maximum absolute atomic E-state index is 12.9. The highest BCUT2D eigenvalue weighted by Crippen LogP contribution is 2.23. The van der Waals surface area contributed by atoms with E-state index in [2.05, 4.69) is 15.1 Å². The van der Waals surface area contributed by atoms with E-state index in [0.29, 0.717) is 46.5 Å². The Balaban J connectivity index is 1.59. The molecular weight excluding hydrogens is 388 g/mol. The third-order valence-electron chi connectivity index (χ3n) is 4.47. The number of hydrogen-bond donors (Lipinski definition) is 1. The van der Waals surface area contributed by atoms with Gasteiger partial charge in [0.15, 0.2) is 5.16 Å². The van der Waals surface area contributed by atoms with E-state index in [4.69, 9.17) is 4.52 Å². The van der Waals surface area contributed by atoms with Crippen molar-refractivity contribution in [1.29, 1.82) is 0 Å². The third-order valence-corrected chi connectivity index (χ3v) is 5.43. The molecule has 0 atom stereocenters. The van der Waals surface area contributed by atoms with Gasteiger partial charge in [0.25, 0.3) is 5.56 Å². The van der Waals surface area contributed by atoms with Crippen molar-refractivity contribution in [2.75, 3.05) is 6.61 Å². The first-order valence-electron chi connectivity index (χ1n) is 9.28. The van der Waals surface area contributed by atoms with Gasteiger partial charge in [-0.25, -0.2) is 4.98 Å². The highest BCUT2D eigenvalue weighted by atomic mass is 32.2. The summed E-state index contributed by atoms with van der Waals surface area (Å²) in [6.07, 6.45) is 0.478. The summed E-state index contributed by atoms with van der Waals surface area (Å²) in [6, 6.07) is 15.2. The lowest BCUT2D eigenvalue weighted by atomic mass is 10.1. The van der Waals surface area contributed by atoms with Gasteiger partial charge in [-0.1, -0.05) is 58.9 Å². The second kappa shape index (κ2) is 8.59. The Bertz CT molecular complexity index is 1180. The van der Waals surface area contributed by atoms with Crippen molar-refractivity contribution in [2.45, 2.75) is 30.8 Å². The molecule has 2 aromatic carbocycles. The Morgan fingerprint density at radius 1 is 1.10 bits per heavy atom. The van der Waals surface area contributed by atoms with E-state index in [1.54, 1.807) is 10.6 Å². The van der Waals surface area contributed by atoms with Crippen LogP contribution in [0.15, 0.2) is 63.0 Å². The zero-order valence-electron chi connectivity index (χ0n) is 15.9. The number of rotatable bonds is 7. The van der Waals surface area contributed by atoms with Crippen molar-refractivity contribution in [3.8, 4) is 11.4 Å². The molecule has 0 saturated heterocycles. The van der Waals surface area contributed by atoms with Crippen LogP contribution in [0.5, 0.6) is 0 Å². The minimum absolute atomic E-state index is 0.00689. The topological polar surface area (TPSA) is 94.0 Å². The first-order chi connectivity index (χ1) is 14.2. The number of aryl methyl sites for hydroxylation is 1. The summed E-state index contributed by atoms with van der Waals surface area (Å²) in [5.74, 6) is 1.38. The number of benzene rings is 2. The molecule has 2 aromatic heterocycles.